The molecule has 0 bridgehead atoms. The molecule has 4 N–H and O–H groups in total. The first-order chi connectivity index (χ1) is 18.5. The first kappa shape index (κ1) is 32.1. The number of unbranched alkanes of at least 4 members (excludes halogenated alkanes) is 1. The maximum atomic E-state index is 12.6. The lowest BCUT2D eigenvalue weighted by Gasteiger charge is -2.21. The van der Waals surface area contributed by atoms with Crippen molar-refractivity contribution in [3.63, 3.8) is 0 Å². The number of ether oxygens (including phenoxy) is 2. The third-order valence-corrected chi connectivity index (χ3v) is 5.23. The van der Waals surface area contributed by atoms with Gasteiger partial charge in [-0.25, -0.2) is 9.59 Å². The predicted octanol–water partition coefficient (Wildman–Crippen LogP) is 7.14. The molecule has 0 saturated heterocycles. The normalized spacial score (nSPS) is 11.3. The van der Waals surface area contributed by atoms with Crippen LogP contribution in [0.2, 0.25) is 0 Å². The number of anilines is 4. The molecule has 0 aliphatic rings. The Bertz CT molecular complexity index is 1130. The number of hydrogen-bond donors (Lipinski definition) is 4. The lowest BCUT2D eigenvalue weighted by molar-refractivity contribution is -0.118. The van der Waals surface area contributed by atoms with E-state index in [1.54, 1.807) is 65.8 Å². The van der Waals surface area contributed by atoms with E-state index in [0.717, 1.165) is 11.1 Å². The molecule has 0 aliphatic carbocycles. The first-order valence-corrected chi connectivity index (χ1v) is 13.3. The molecule has 0 aliphatic heterocycles. The number of carbonyl (C=O) groups excluding carboxylic acids is 4. The molecule has 40 heavy (non-hydrogen) atoms. The summed E-state index contributed by atoms with van der Waals surface area (Å²) in [5.41, 5.74) is 2.32. The van der Waals surface area contributed by atoms with Crippen LogP contribution < -0.4 is 21.3 Å². The van der Waals surface area contributed by atoms with E-state index in [1.165, 1.54) is 0 Å². The van der Waals surface area contributed by atoms with Crippen LogP contribution in [0.5, 0.6) is 0 Å². The highest BCUT2D eigenvalue weighted by atomic mass is 16.6. The number of nitrogens with one attached hydrogen (secondary N) is 4. The summed E-state index contributed by atoms with van der Waals surface area (Å²) >= 11 is 0. The largest absolute Gasteiger partial charge is 0.444 e. The number of benzene rings is 2. The standard InChI is InChI=1S/C30H42N4O6/c1-19-13-15-21(23(17-19)33-27(37)39-29(3,4)5)31-25(35)11-9-10-12-26(36)32-22-16-14-20(2)18-24(22)34-28(38)40-30(6,7)8/h13-18H,9-12H2,1-8H3,(H,31,35)(H,32,36)(H,33,37)(H,34,38). The second-order valence-electron chi connectivity index (χ2n) is 11.7. The lowest BCUT2D eigenvalue weighted by atomic mass is 10.1. The summed E-state index contributed by atoms with van der Waals surface area (Å²) in [6, 6.07) is 10.6. The second-order valence-corrected chi connectivity index (χ2v) is 11.7. The summed E-state index contributed by atoms with van der Waals surface area (Å²) < 4.78 is 10.6. The van der Waals surface area contributed by atoms with Gasteiger partial charge in [0, 0.05) is 12.8 Å². The number of rotatable bonds is 9. The summed E-state index contributed by atoms with van der Waals surface area (Å²) in [5, 5.41) is 11.0. The van der Waals surface area contributed by atoms with Gasteiger partial charge in [0.25, 0.3) is 0 Å². The van der Waals surface area contributed by atoms with Crippen LogP contribution in [0.1, 0.15) is 78.4 Å². The Morgan fingerprint density at radius 1 is 0.575 bits per heavy atom. The molecule has 0 heterocycles. The van der Waals surface area contributed by atoms with Gasteiger partial charge in [0.15, 0.2) is 0 Å². The Balaban J connectivity index is 1.87. The van der Waals surface area contributed by atoms with Crippen molar-refractivity contribution < 1.29 is 28.7 Å². The number of carbonyl (C=O) groups is 4. The van der Waals surface area contributed by atoms with E-state index >= 15 is 0 Å². The zero-order valence-electron chi connectivity index (χ0n) is 24.7. The van der Waals surface area contributed by atoms with Gasteiger partial charge in [0.2, 0.25) is 11.8 Å². The van der Waals surface area contributed by atoms with Crippen LogP contribution in [-0.4, -0.2) is 35.2 Å². The van der Waals surface area contributed by atoms with Crippen molar-refractivity contribution in [1.82, 2.24) is 0 Å². The van der Waals surface area contributed by atoms with Crippen molar-refractivity contribution in [3.05, 3.63) is 47.5 Å². The van der Waals surface area contributed by atoms with Gasteiger partial charge in [-0.15, -0.1) is 0 Å². The van der Waals surface area contributed by atoms with E-state index in [1.807, 2.05) is 26.0 Å². The fourth-order valence-corrected chi connectivity index (χ4v) is 3.56. The molecule has 0 unspecified atom stereocenters. The molecule has 2 rings (SSSR count). The predicted molar refractivity (Wildman–Crippen MR) is 158 cm³/mol. The molecule has 0 saturated carbocycles. The minimum atomic E-state index is -0.654. The van der Waals surface area contributed by atoms with E-state index < -0.39 is 23.4 Å². The molecule has 0 atom stereocenters. The third-order valence-electron chi connectivity index (χ3n) is 5.23. The SMILES string of the molecule is Cc1ccc(NC(=O)CCCCC(=O)Nc2ccc(C)cc2NC(=O)OC(C)(C)C)c(NC(=O)OC(C)(C)C)c1. The van der Waals surface area contributed by atoms with E-state index in [4.69, 9.17) is 9.47 Å². The number of hydrogen-bond acceptors (Lipinski definition) is 6. The monoisotopic (exact) mass is 554 g/mol. The fourth-order valence-electron chi connectivity index (χ4n) is 3.56. The van der Waals surface area contributed by atoms with Crippen LogP contribution in [0.3, 0.4) is 0 Å². The molecule has 2 aromatic rings. The highest BCUT2D eigenvalue weighted by Crippen LogP contribution is 2.26. The van der Waals surface area contributed by atoms with Crippen LogP contribution in [0.15, 0.2) is 36.4 Å². The zero-order chi connectivity index (χ0) is 30.1. The van der Waals surface area contributed by atoms with Gasteiger partial charge in [-0.2, -0.15) is 0 Å². The fraction of sp³-hybridized carbons (Fsp3) is 0.467. The summed E-state index contributed by atoms with van der Waals surface area (Å²) in [4.78, 5) is 49.6. The van der Waals surface area contributed by atoms with Gasteiger partial charge in [-0.3, -0.25) is 20.2 Å². The van der Waals surface area contributed by atoms with Crippen molar-refractivity contribution >= 4 is 46.8 Å². The quantitative estimate of drug-likeness (QED) is 0.243. The molecule has 0 spiro atoms. The van der Waals surface area contributed by atoms with E-state index in [9.17, 15) is 19.2 Å². The Kier molecular flexibility index (Phi) is 11.1. The molecule has 10 heteroatoms. The molecular formula is C30H42N4O6. The number of amides is 4. The Labute approximate surface area is 236 Å². The molecule has 0 aromatic heterocycles. The topological polar surface area (TPSA) is 135 Å². The Morgan fingerprint density at radius 2 is 0.925 bits per heavy atom. The van der Waals surface area contributed by atoms with Gasteiger partial charge < -0.3 is 20.1 Å². The number of aryl methyl sites for hydroxylation is 2. The minimum absolute atomic E-state index is 0.197. The van der Waals surface area contributed by atoms with Crippen LogP contribution in [0.4, 0.5) is 32.3 Å². The lowest BCUT2D eigenvalue weighted by Crippen LogP contribution is -2.27. The molecule has 4 amide bonds. The van der Waals surface area contributed by atoms with Crippen LogP contribution in [0, 0.1) is 13.8 Å². The molecule has 0 radical (unpaired) electrons. The van der Waals surface area contributed by atoms with Crippen molar-refractivity contribution in [3.8, 4) is 0 Å². The summed E-state index contributed by atoms with van der Waals surface area (Å²) in [7, 11) is 0. The maximum absolute atomic E-state index is 12.6. The highest BCUT2D eigenvalue weighted by Gasteiger charge is 2.19. The Hall–Kier alpha value is -4.08. The molecular weight excluding hydrogens is 512 g/mol. The second kappa shape index (κ2) is 13.8. The van der Waals surface area contributed by atoms with Crippen molar-refractivity contribution in [2.75, 3.05) is 21.3 Å². The molecule has 218 valence electrons. The summed E-state index contributed by atoms with van der Waals surface area (Å²) in [6.07, 6.45) is 0.134. The van der Waals surface area contributed by atoms with Crippen LogP contribution in [-0.2, 0) is 19.1 Å². The molecule has 2 aromatic carbocycles. The smallest absolute Gasteiger partial charge is 0.412 e. The zero-order valence-corrected chi connectivity index (χ0v) is 24.7. The van der Waals surface area contributed by atoms with Crippen LogP contribution >= 0.6 is 0 Å². The average Bonchev–Trinajstić information content (AvgIpc) is 2.78. The van der Waals surface area contributed by atoms with E-state index in [2.05, 4.69) is 21.3 Å². The van der Waals surface area contributed by atoms with E-state index in [-0.39, 0.29) is 24.7 Å². The third kappa shape index (κ3) is 12.2. The van der Waals surface area contributed by atoms with Crippen LogP contribution in [0.25, 0.3) is 0 Å². The van der Waals surface area contributed by atoms with Gasteiger partial charge in [-0.1, -0.05) is 12.1 Å². The highest BCUT2D eigenvalue weighted by molar-refractivity contribution is 5.99. The maximum Gasteiger partial charge on any atom is 0.412 e. The minimum Gasteiger partial charge on any atom is -0.444 e. The van der Waals surface area contributed by atoms with Gasteiger partial charge in [-0.05, 0) is 104 Å². The molecule has 10 nitrogen and oxygen atoms in total. The van der Waals surface area contributed by atoms with Gasteiger partial charge in [0.05, 0.1) is 22.7 Å². The van der Waals surface area contributed by atoms with Crippen molar-refractivity contribution in [2.45, 2.75) is 92.3 Å². The molecule has 0 fully saturated rings. The first-order valence-electron chi connectivity index (χ1n) is 13.3. The van der Waals surface area contributed by atoms with Gasteiger partial charge >= 0.3 is 12.2 Å². The average molecular weight is 555 g/mol. The Morgan fingerprint density at radius 3 is 1.25 bits per heavy atom. The summed E-state index contributed by atoms with van der Waals surface area (Å²) in [5.74, 6) is -0.474. The van der Waals surface area contributed by atoms with Crippen molar-refractivity contribution in [2.24, 2.45) is 0 Å². The van der Waals surface area contributed by atoms with E-state index in [0.29, 0.717) is 35.6 Å². The van der Waals surface area contributed by atoms with Crippen molar-refractivity contribution in [1.29, 1.82) is 0 Å². The summed E-state index contributed by atoms with van der Waals surface area (Å²) in [6.45, 7) is 14.4. The van der Waals surface area contributed by atoms with Gasteiger partial charge in [0.1, 0.15) is 11.2 Å².